The second-order valence-electron chi connectivity index (χ2n) is 9.33. The van der Waals surface area contributed by atoms with Gasteiger partial charge in [-0.25, -0.2) is 0 Å². The number of nitrogens with one attached hydrogen (secondary N) is 2. The van der Waals surface area contributed by atoms with E-state index in [2.05, 4.69) is 37.4 Å². The van der Waals surface area contributed by atoms with Crippen LogP contribution in [0.5, 0.6) is 0 Å². The van der Waals surface area contributed by atoms with E-state index in [1.807, 2.05) is 48.0 Å². The molecule has 0 radical (unpaired) electrons. The van der Waals surface area contributed by atoms with Crippen molar-refractivity contribution in [3.8, 4) is 0 Å². The van der Waals surface area contributed by atoms with Crippen molar-refractivity contribution in [1.82, 2.24) is 24.7 Å². The second-order valence-corrected chi connectivity index (χ2v) is 9.99. The Balaban J connectivity index is 1.60. The van der Waals surface area contributed by atoms with Gasteiger partial charge in [0, 0.05) is 47.3 Å². The number of hydrogen-bond acceptors (Lipinski definition) is 8. The van der Waals surface area contributed by atoms with E-state index in [0.29, 0.717) is 12.4 Å². The van der Waals surface area contributed by atoms with Crippen molar-refractivity contribution < 1.29 is 14.0 Å². The Hall–Kier alpha value is -4.15. The zero-order valence-corrected chi connectivity index (χ0v) is 21.3. The highest BCUT2D eigenvalue weighted by atomic mass is 32.1. The van der Waals surface area contributed by atoms with E-state index in [1.165, 1.54) is 11.5 Å². The molecule has 3 atom stereocenters. The Labute approximate surface area is 223 Å². The highest BCUT2D eigenvalue weighted by Crippen LogP contribution is 2.52. The minimum absolute atomic E-state index is 0.119. The highest BCUT2D eigenvalue weighted by Gasteiger charge is 2.45. The van der Waals surface area contributed by atoms with Crippen LogP contribution in [-0.4, -0.2) is 43.5 Å². The molecule has 192 valence electrons. The van der Waals surface area contributed by atoms with Crippen LogP contribution in [0.2, 0.25) is 0 Å². The number of ether oxygens (including phenoxy) is 2. The average Bonchev–Trinajstić information content (AvgIpc) is 3.79. The minimum atomic E-state index is -0.322. The fourth-order valence-corrected chi connectivity index (χ4v) is 6.16. The fourth-order valence-electron chi connectivity index (χ4n) is 5.65. The van der Waals surface area contributed by atoms with Crippen LogP contribution >= 0.6 is 11.5 Å². The van der Waals surface area contributed by atoms with Crippen molar-refractivity contribution in [3.63, 3.8) is 0 Å². The van der Waals surface area contributed by atoms with Crippen LogP contribution in [-0.2, 0) is 9.47 Å². The van der Waals surface area contributed by atoms with E-state index in [0.717, 1.165) is 58.8 Å². The highest BCUT2D eigenvalue weighted by molar-refractivity contribution is 7.03. The maximum atomic E-state index is 6.52. The maximum absolute atomic E-state index is 6.52. The van der Waals surface area contributed by atoms with Crippen LogP contribution in [0, 0.1) is 0 Å². The zero-order chi connectivity index (χ0) is 25.3. The average molecular weight is 527 g/mol. The van der Waals surface area contributed by atoms with Gasteiger partial charge in [0.2, 0.25) is 0 Å². The van der Waals surface area contributed by atoms with Crippen LogP contribution in [0.1, 0.15) is 42.4 Å². The molecular weight excluding hydrogens is 500 g/mol. The van der Waals surface area contributed by atoms with Crippen LogP contribution < -0.4 is 4.90 Å². The predicted octanol–water partition coefficient (Wildman–Crippen LogP) is 5.65. The first-order valence-corrected chi connectivity index (χ1v) is 13.6. The molecule has 7 rings (SSSR count). The number of nitrogens with zero attached hydrogens (tertiary/aromatic N) is 4. The third-order valence-electron chi connectivity index (χ3n) is 7.16. The molecular formula is C28H26N6O3S. The van der Waals surface area contributed by atoms with Gasteiger partial charge >= 0.3 is 0 Å². The summed E-state index contributed by atoms with van der Waals surface area (Å²) in [6.45, 7) is 0.711. The van der Waals surface area contributed by atoms with Gasteiger partial charge in [0.25, 0.3) is 0 Å². The molecule has 0 amide bonds. The van der Waals surface area contributed by atoms with E-state index >= 15 is 0 Å². The molecule has 2 N–H and O–H groups in total. The second kappa shape index (κ2) is 9.96. The summed E-state index contributed by atoms with van der Waals surface area (Å²) in [6, 6.07) is 9.71. The Morgan fingerprint density at radius 3 is 2.79 bits per heavy atom. The molecule has 0 aliphatic carbocycles. The third-order valence-corrected chi connectivity index (χ3v) is 7.72. The van der Waals surface area contributed by atoms with Crippen LogP contribution in [0.3, 0.4) is 0 Å². The summed E-state index contributed by atoms with van der Waals surface area (Å²) < 4.78 is 23.0. The smallest absolute Gasteiger partial charge is 0.177 e. The van der Waals surface area contributed by atoms with Crippen molar-refractivity contribution in [2.75, 3.05) is 11.5 Å². The van der Waals surface area contributed by atoms with Gasteiger partial charge in [-0.15, -0.1) is 0 Å². The van der Waals surface area contributed by atoms with Crippen LogP contribution in [0.15, 0.2) is 94.5 Å². The van der Waals surface area contributed by atoms with Crippen molar-refractivity contribution in [1.29, 1.82) is 0 Å². The normalized spacial score (nSPS) is 23.8. The SMILES string of the molecule is C1=COC(C2=C(C3CCCCO3)C(c3ccn[nH]3)N(c3ccon3)C(c3ccsn3)=C2c2ccc[nH]2)C=C1. The molecule has 0 saturated carbocycles. The largest absolute Gasteiger partial charge is 0.489 e. The monoisotopic (exact) mass is 526 g/mol. The van der Waals surface area contributed by atoms with Crippen LogP contribution in [0.4, 0.5) is 5.82 Å². The quantitative estimate of drug-likeness (QED) is 0.335. The molecule has 3 aliphatic rings. The summed E-state index contributed by atoms with van der Waals surface area (Å²) in [5.41, 5.74) is 6.79. The first-order chi connectivity index (χ1) is 18.9. The lowest BCUT2D eigenvalue weighted by Gasteiger charge is -2.44. The van der Waals surface area contributed by atoms with E-state index in [1.54, 1.807) is 18.7 Å². The van der Waals surface area contributed by atoms with Gasteiger partial charge < -0.3 is 23.9 Å². The first-order valence-electron chi connectivity index (χ1n) is 12.7. The topological polar surface area (TPSA) is 105 Å². The van der Waals surface area contributed by atoms with Gasteiger partial charge in [0.1, 0.15) is 24.1 Å². The molecule has 4 aromatic rings. The molecule has 7 heterocycles. The number of rotatable bonds is 6. The van der Waals surface area contributed by atoms with E-state index in [9.17, 15) is 0 Å². The van der Waals surface area contributed by atoms with Gasteiger partial charge in [0.15, 0.2) is 5.82 Å². The van der Waals surface area contributed by atoms with Gasteiger partial charge in [0.05, 0.1) is 23.8 Å². The summed E-state index contributed by atoms with van der Waals surface area (Å²) in [7, 11) is 0. The molecule has 10 heteroatoms. The van der Waals surface area contributed by atoms with E-state index < -0.39 is 0 Å². The number of allylic oxidation sites excluding steroid dienone is 2. The van der Waals surface area contributed by atoms with Gasteiger partial charge in [-0.1, -0.05) is 11.2 Å². The van der Waals surface area contributed by atoms with Gasteiger partial charge in [-0.05, 0) is 72.8 Å². The molecule has 0 spiro atoms. The summed E-state index contributed by atoms with van der Waals surface area (Å²) in [6.07, 6.45) is 15.7. The van der Waals surface area contributed by atoms with Crippen molar-refractivity contribution in [3.05, 3.63) is 107 Å². The van der Waals surface area contributed by atoms with Crippen molar-refractivity contribution >= 4 is 28.6 Å². The Kier molecular flexibility index (Phi) is 6.03. The lowest BCUT2D eigenvalue weighted by Crippen LogP contribution is -2.41. The zero-order valence-electron chi connectivity index (χ0n) is 20.5. The molecule has 38 heavy (non-hydrogen) atoms. The predicted molar refractivity (Wildman–Crippen MR) is 144 cm³/mol. The third kappa shape index (κ3) is 3.93. The summed E-state index contributed by atoms with van der Waals surface area (Å²) in [5, 5.41) is 14.0. The number of hydrogen-bond donors (Lipinski definition) is 2. The van der Waals surface area contributed by atoms with Gasteiger partial charge in [-0.3, -0.25) is 5.10 Å². The molecule has 0 aromatic carbocycles. The number of anilines is 1. The molecule has 9 nitrogen and oxygen atoms in total. The molecule has 4 aromatic heterocycles. The number of aromatic nitrogens is 5. The Morgan fingerprint density at radius 1 is 1.11 bits per heavy atom. The molecule has 3 aliphatic heterocycles. The van der Waals surface area contributed by atoms with Crippen molar-refractivity contribution in [2.45, 2.75) is 37.5 Å². The molecule has 3 unspecified atom stereocenters. The first kappa shape index (κ1) is 23.0. The fraction of sp³-hybridized carbons (Fsp3) is 0.250. The maximum Gasteiger partial charge on any atom is 0.177 e. The van der Waals surface area contributed by atoms with E-state index in [4.69, 9.17) is 18.4 Å². The number of H-pyrrole nitrogens is 2. The lowest BCUT2D eigenvalue weighted by atomic mass is 9.78. The van der Waals surface area contributed by atoms with E-state index in [-0.39, 0.29) is 18.2 Å². The molecule has 0 bridgehead atoms. The Bertz CT molecular complexity index is 1480. The molecule has 1 saturated heterocycles. The summed E-state index contributed by atoms with van der Waals surface area (Å²) in [4.78, 5) is 5.66. The number of aromatic amines is 2. The minimum Gasteiger partial charge on any atom is -0.489 e. The van der Waals surface area contributed by atoms with Crippen molar-refractivity contribution in [2.24, 2.45) is 0 Å². The van der Waals surface area contributed by atoms with Crippen LogP contribution in [0.25, 0.3) is 11.3 Å². The lowest BCUT2D eigenvalue weighted by molar-refractivity contribution is 0.0341. The van der Waals surface area contributed by atoms with Gasteiger partial charge in [-0.2, -0.15) is 9.47 Å². The Morgan fingerprint density at radius 2 is 2.11 bits per heavy atom. The summed E-state index contributed by atoms with van der Waals surface area (Å²) in [5.74, 6) is 0.670. The summed E-state index contributed by atoms with van der Waals surface area (Å²) >= 11 is 1.41. The molecule has 1 fully saturated rings. The standard InChI is InChI=1S/C28H26N6O3S/c1-3-14-35-21(7-1)25-24(18-6-5-12-29-18)28(20-11-17-38-33-20)34(23-10-16-37-32-23)27(19-9-13-30-31-19)26(25)22-8-2-4-15-36-22/h1,3,5-7,9-14,16-17,21-22,27,29H,2,4,8,15H2,(H,30,31).